The molecule has 1 rings (SSSR count). The number of carbonyl (C=O) groups is 1. The van der Waals surface area contributed by atoms with Crippen molar-refractivity contribution in [3.63, 3.8) is 0 Å². The fourth-order valence-corrected chi connectivity index (χ4v) is 1.45. The van der Waals surface area contributed by atoms with E-state index in [9.17, 15) is 4.79 Å². The van der Waals surface area contributed by atoms with Gasteiger partial charge in [0.05, 0.1) is 0 Å². The zero-order valence-electron chi connectivity index (χ0n) is 10.5. The molecule has 0 aromatic heterocycles. The Morgan fingerprint density at radius 1 is 1.41 bits per heavy atom. The van der Waals surface area contributed by atoms with Crippen molar-refractivity contribution >= 4 is 5.97 Å². The number of hydrogen-bond donors (Lipinski definition) is 2. The fraction of sp³-hybridized carbons (Fsp3) is 0.357. The summed E-state index contributed by atoms with van der Waals surface area (Å²) < 4.78 is 0. The van der Waals surface area contributed by atoms with Gasteiger partial charge < -0.3 is 10.4 Å². The second-order valence-corrected chi connectivity index (χ2v) is 4.23. The van der Waals surface area contributed by atoms with Gasteiger partial charge in [-0.3, -0.25) is 0 Å². The van der Waals surface area contributed by atoms with Crippen LogP contribution in [0.15, 0.2) is 35.9 Å². The standard InChI is InChI=1S/C14H19NO2/c1-10-4-6-13(7-5-10)12(3)15-9-8-11(2)14(16)17/h4-8,12,15H,9H2,1-3H3,(H,16,17)/b11-8-/t12-/m1/s1. The number of nitrogens with one attached hydrogen (secondary N) is 1. The van der Waals surface area contributed by atoms with Crippen molar-refractivity contribution in [2.45, 2.75) is 26.8 Å². The van der Waals surface area contributed by atoms with Gasteiger partial charge in [0.15, 0.2) is 0 Å². The first-order valence-corrected chi connectivity index (χ1v) is 5.70. The summed E-state index contributed by atoms with van der Waals surface area (Å²) in [5.41, 5.74) is 2.81. The molecule has 0 fully saturated rings. The number of carboxylic acid groups (broad SMARTS) is 1. The van der Waals surface area contributed by atoms with Gasteiger partial charge in [0, 0.05) is 18.2 Å². The van der Waals surface area contributed by atoms with Crippen LogP contribution >= 0.6 is 0 Å². The summed E-state index contributed by atoms with van der Waals surface area (Å²) in [6, 6.07) is 8.53. The highest BCUT2D eigenvalue weighted by Crippen LogP contribution is 2.12. The number of carboxylic acids is 1. The molecule has 2 N–H and O–H groups in total. The molecule has 92 valence electrons. The van der Waals surface area contributed by atoms with Crippen molar-refractivity contribution < 1.29 is 9.90 Å². The summed E-state index contributed by atoms with van der Waals surface area (Å²) in [7, 11) is 0. The number of rotatable bonds is 5. The average Bonchev–Trinajstić information content (AvgIpc) is 2.29. The third-order valence-corrected chi connectivity index (χ3v) is 2.75. The molecule has 0 heterocycles. The highest BCUT2D eigenvalue weighted by atomic mass is 16.4. The number of hydrogen-bond acceptors (Lipinski definition) is 2. The van der Waals surface area contributed by atoms with Gasteiger partial charge in [-0.2, -0.15) is 0 Å². The van der Waals surface area contributed by atoms with Crippen molar-refractivity contribution in [3.8, 4) is 0 Å². The van der Waals surface area contributed by atoms with Crippen LogP contribution in [-0.2, 0) is 4.79 Å². The first-order valence-electron chi connectivity index (χ1n) is 5.70. The maximum Gasteiger partial charge on any atom is 0.330 e. The second kappa shape index (κ2) is 6.21. The lowest BCUT2D eigenvalue weighted by molar-refractivity contribution is -0.132. The summed E-state index contributed by atoms with van der Waals surface area (Å²) in [5.74, 6) is -0.866. The van der Waals surface area contributed by atoms with Gasteiger partial charge in [-0.05, 0) is 26.3 Å². The Hall–Kier alpha value is -1.61. The molecule has 0 spiro atoms. The maximum absolute atomic E-state index is 10.6. The Kier molecular flexibility index (Phi) is 4.91. The lowest BCUT2D eigenvalue weighted by Crippen LogP contribution is -2.19. The first-order chi connectivity index (χ1) is 8.00. The van der Waals surface area contributed by atoms with E-state index in [4.69, 9.17) is 5.11 Å². The minimum Gasteiger partial charge on any atom is -0.478 e. The van der Waals surface area contributed by atoms with Crippen LogP contribution < -0.4 is 5.32 Å². The predicted molar refractivity (Wildman–Crippen MR) is 69.0 cm³/mol. The average molecular weight is 233 g/mol. The summed E-state index contributed by atoms with van der Waals surface area (Å²) in [6.45, 7) is 6.28. The van der Waals surface area contributed by atoms with Gasteiger partial charge in [0.25, 0.3) is 0 Å². The number of benzene rings is 1. The fourth-order valence-electron chi connectivity index (χ4n) is 1.45. The van der Waals surface area contributed by atoms with Crippen LogP contribution in [0.5, 0.6) is 0 Å². The molecule has 0 saturated carbocycles. The van der Waals surface area contributed by atoms with E-state index in [0.717, 1.165) is 0 Å². The number of aliphatic carboxylic acids is 1. The van der Waals surface area contributed by atoms with Gasteiger partial charge in [-0.15, -0.1) is 0 Å². The molecule has 17 heavy (non-hydrogen) atoms. The van der Waals surface area contributed by atoms with Crippen LogP contribution in [0.1, 0.15) is 31.0 Å². The zero-order valence-corrected chi connectivity index (χ0v) is 10.5. The Labute approximate surface area is 102 Å². The van der Waals surface area contributed by atoms with Crippen molar-refractivity contribution in [1.29, 1.82) is 0 Å². The molecule has 1 aromatic carbocycles. The predicted octanol–water partition coefficient (Wildman–Crippen LogP) is 2.68. The first kappa shape index (κ1) is 13.5. The van der Waals surface area contributed by atoms with Crippen molar-refractivity contribution in [3.05, 3.63) is 47.0 Å². The van der Waals surface area contributed by atoms with E-state index in [1.54, 1.807) is 13.0 Å². The van der Waals surface area contributed by atoms with E-state index in [0.29, 0.717) is 12.1 Å². The molecule has 3 heteroatoms. The van der Waals surface area contributed by atoms with Gasteiger partial charge in [0.1, 0.15) is 0 Å². The van der Waals surface area contributed by atoms with E-state index in [1.807, 2.05) is 0 Å². The SMILES string of the molecule is C/C(=C/CN[C@H](C)c1ccc(C)cc1)C(=O)O. The summed E-state index contributed by atoms with van der Waals surface area (Å²) in [4.78, 5) is 10.6. The van der Waals surface area contributed by atoms with Gasteiger partial charge in [-0.1, -0.05) is 35.9 Å². The topological polar surface area (TPSA) is 49.3 Å². The van der Waals surface area contributed by atoms with E-state index < -0.39 is 5.97 Å². The third-order valence-electron chi connectivity index (χ3n) is 2.75. The minimum atomic E-state index is -0.866. The van der Waals surface area contributed by atoms with Crippen LogP contribution in [0, 0.1) is 6.92 Å². The monoisotopic (exact) mass is 233 g/mol. The lowest BCUT2D eigenvalue weighted by atomic mass is 10.1. The Morgan fingerprint density at radius 3 is 2.53 bits per heavy atom. The molecule has 0 bridgehead atoms. The quantitative estimate of drug-likeness (QED) is 0.769. The molecule has 0 aliphatic heterocycles. The van der Waals surface area contributed by atoms with Crippen LogP contribution in [0.3, 0.4) is 0 Å². The van der Waals surface area contributed by atoms with Crippen molar-refractivity contribution in [2.24, 2.45) is 0 Å². The largest absolute Gasteiger partial charge is 0.478 e. The zero-order chi connectivity index (χ0) is 12.8. The van der Waals surface area contributed by atoms with Gasteiger partial charge in [0.2, 0.25) is 0 Å². The molecule has 1 aromatic rings. The molecule has 0 aliphatic rings. The maximum atomic E-state index is 10.6. The minimum absolute atomic E-state index is 0.216. The molecule has 0 aliphatic carbocycles. The summed E-state index contributed by atoms with van der Waals surface area (Å²) >= 11 is 0. The number of aryl methyl sites for hydroxylation is 1. The van der Waals surface area contributed by atoms with E-state index in [-0.39, 0.29) is 6.04 Å². The Morgan fingerprint density at radius 2 is 2.00 bits per heavy atom. The smallest absolute Gasteiger partial charge is 0.330 e. The third kappa shape index (κ3) is 4.41. The van der Waals surface area contributed by atoms with Gasteiger partial charge in [-0.25, -0.2) is 4.79 Å². The highest BCUT2D eigenvalue weighted by Gasteiger charge is 2.03. The van der Waals surface area contributed by atoms with E-state index in [1.165, 1.54) is 11.1 Å². The Bertz CT molecular complexity index is 407. The van der Waals surface area contributed by atoms with Gasteiger partial charge >= 0.3 is 5.97 Å². The summed E-state index contributed by atoms with van der Waals surface area (Å²) in [5, 5.41) is 12.0. The van der Waals surface area contributed by atoms with Crippen LogP contribution in [0.4, 0.5) is 0 Å². The molecule has 3 nitrogen and oxygen atoms in total. The molecular weight excluding hydrogens is 214 g/mol. The van der Waals surface area contributed by atoms with Crippen molar-refractivity contribution in [2.75, 3.05) is 6.54 Å². The van der Waals surface area contributed by atoms with E-state index >= 15 is 0 Å². The summed E-state index contributed by atoms with van der Waals surface area (Å²) in [6.07, 6.45) is 1.69. The van der Waals surface area contributed by atoms with Crippen molar-refractivity contribution in [1.82, 2.24) is 5.32 Å². The second-order valence-electron chi connectivity index (χ2n) is 4.23. The van der Waals surface area contributed by atoms with Crippen LogP contribution in [0.2, 0.25) is 0 Å². The van der Waals surface area contributed by atoms with Crippen LogP contribution in [0.25, 0.3) is 0 Å². The molecule has 1 atom stereocenters. The van der Waals surface area contributed by atoms with Crippen LogP contribution in [-0.4, -0.2) is 17.6 Å². The molecule has 0 amide bonds. The normalized spacial score (nSPS) is 13.5. The highest BCUT2D eigenvalue weighted by molar-refractivity contribution is 5.85. The molecular formula is C14H19NO2. The van der Waals surface area contributed by atoms with E-state index in [2.05, 4.69) is 43.4 Å². The Balaban J connectivity index is 2.50. The molecule has 0 saturated heterocycles. The molecule has 0 radical (unpaired) electrons. The molecule has 0 unspecified atom stereocenters. The lowest BCUT2D eigenvalue weighted by Gasteiger charge is -2.13.